The van der Waals surface area contributed by atoms with E-state index in [9.17, 15) is 0 Å². The largest absolute Gasteiger partial charge is 0.0944 e. The average molecular weight is 373 g/mol. The predicted octanol–water partition coefficient (Wildman–Crippen LogP) is 7.36. The fourth-order valence-corrected chi connectivity index (χ4v) is 4.11. The van der Waals surface area contributed by atoms with Crippen LogP contribution in [0.25, 0.3) is 18.2 Å². The molecule has 0 amide bonds. The normalized spacial score (nSPS) is 14.4. The molecule has 0 saturated heterocycles. The molecule has 24 heavy (non-hydrogen) atoms. The molecule has 0 fully saturated rings. The molecule has 132 valence electrons. The maximum absolute atomic E-state index is 2.43. The van der Waals surface area contributed by atoms with Crippen molar-refractivity contribution in [2.45, 2.75) is 58.9 Å². The van der Waals surface area contributed by atoms with Crippen molar-refractivity contribution in [3.63, 3.8) is 0 Å². The summed E-state index contributed by atoms with van der Waals surface area (Å²) in [5, 5.41) is 0. The first-order valence-corrected chi connectivity index (χ1v) is 19.7. The Kier molecular flexibility index (Phi) is 7.03. The molecule has 1 aromatic carbocycles. The maximum Gasteiger partial charge on any atom is 0.0687 e. The van der Waals surface area contributed by atoms with Crippen LogP contribution in [0.3, 0.4) is 0 Å². The molecule has 0 aromatic heterocycles. The molecule has 0 bridgehead atoms. The lowest BCUT2D eigenvalue weighted by Crippen LogP contribution is -2.15. The van der Waals surface area contributed by atoms with Crippen molar-refractivity contribution in [2.75, 3.05) is 0 Å². The van der Waals surface area contributed by atoms with E-state index < -0.39 is 24.2 Å². The van der Waals surface area contributed by atoms with Gasteiger partial charge in [0.05, 0.1) is 24.2 Å². The van der Waals surface area contributed by atoms with Crippen LogP contribution in [0.4, 0.5) is 0 Å². The van der Waals surface area contributed by atoms with E-state index in [1.165, 1.54) is 16.7 Å². The van der Waals surface area contributed by atoms with Crippen LogP contribution < -0.4 is 0 Å². The van der Waals surface area contributed by atoms with Crippen LogP contribution in [-0.4, -0.2) is 24.2 Å². The Labute approximate surface area is 153 Å². The molecule has 0 N–H and O–H groups in total. The molecular formula is C21H36Si3. The van der Waals surface area contributed by atoms with Gasteiger partial charge in [0.25, 0.3) is 0 Å². The number of benzene rings is 1. The third-order valence-electron chi connectivity index (χ3n) is 3.33. The van der Waals surface area contributed by atoms with Gasteiger partial charge in [0.1, 0.15) is 0 Å². The minimum atomic E-state index is -1.17. The molecule has 3 heteroatoms. The third-order valence-corrected chi connectivity index (χ3v) is 6.83. The van der Waals surface area contributed by atoms with E-state index in [1.54, 1.807) is 0 Å². The molecule has 0 aliphatic carbocycles. The molecule has 0 nitrogen and oxygen atoms in total. The summed E-state index contributed by atoms with van der Waals surface area (Å²) in [5.74, 6) is 0. The minimum Gasteiger partial charge on any atom is -0.0944 e. The summed E-state index contributed by atoms with van der Waals surface area (Å²) >= 11 is 0. The van der Waals surface area contributed by atoms with E-state index in [0.29, 0.717) is 0 Å². The Hall–Kier alpha value is -0.909. The topological polar surface area (TPSA) is 0 Å². The molecule has 0 spiro atoms. The second-order valence-electron chi connectivity index (χ2n) is 10.0. The fraction of sp³-hybridized carbons (Fsp3) is 0.429. The van der Waals surface area contributed by atoms with Gasteiger partial charge >= 0.3 is 0 Å². The van der Waals surface area contributed by atoms with Crippen molar-refractivity contribution in [1.82, 2.24) is 0 Å². The van der Waals surface area contributed by atoms with E-state index >= 15 is 0 Å². The first kappa shape index (κ1) is 21.1. The van der Waals surface area contributed by atoms with Gasteiger partial charge in [0.2, 0.25) is 0 Å². The first-order valence-electron chi connectivity index (χ1n) is 8.96. The van der Waals surface area contributed by atoms with Crippen molar-refractivity contribution in [3.05, 3.63) is 52.0 Å². The highest BCUT2D eigenvalue weighted by molar-refractivity contribution is 6.82. The lowest BCUT2D eigenvalue weighted by atomic mass is 10.1. The Morgan fingerprint density at radius 1 is 0.458 bits per heavy atom. The molecule has 1 aromatic rings. The zero-order valence-corrected chi connectivity index (χ0v) is 20.2. The van der Waals surface area contributed by atoms with E-state index in [2.05, 4.69) is 112 Å². The zero-order chi connectivity index (χ0) is 18.6. The number of hydrogen-bond donors (Lipinski definition) is 0. The predicted molar refractivity (Wildman–Crippen MR) is 124 cm³/mol. The van der Waals surface area contributed by atoms with Crippen LogP contribution in [0.2, 0.25) is 58.9 Å². The lowest BCUT2D eigenvalue weighted by molar-refractivity contribution is 1.58. The smallest absolute Gasteiger partial charge is 0.0687 e. The van der Waals surface area contributed by atoms with Gasteiger partial charge in [-0.3, -0.25) is 0 Å². The van der Waals surface area contributed by atoms with Gasteiger partial charge in [-0.15, -0.1) is 0 Å². The molecular weight excluding hydrogens is 336 g/mol. The SMILES string of the molecule is C[Si](C)(C)C=Cc1cc(C=C[Si](C)(C)C)cc(C=C[Si](C)(C)C)c1. The van der Waals surface area contributed by atoms with Crippen LogP contribution in [0.15, 0.2) is 35.3 Å². The summed E-state index contributed by atoms with van der Waals surface area (Å²) in [6, 6.07) is 6.96. The maximum atomic E-state index is 2.43. The summed E-state index contributed by atoms with van der Waals surface area (Å²) in [6.45, 7) is 21.4. The Morgan fingerprint density at radius 3 is 0.833 bits per heavy atom. The van der Waals surface area contributed by atoms with Crippen molar-refractivity contribution in [1.29, 1.82) is 0 Å². The molecule has 0 radical (unpaired) electrons. The molecule has 1 rings (SSSR count). The second kappa shape index (κ2) is 7.98. The number of rotatable bonds is 6. The van der Waals surface area contributed by atoms with Crippen LogP contribution in [0.5, 0.6) is 0 Å². The van der Waals surface area contributed by atoms with Gasteiger partial charge < -0.3 is 0 Å². The Balaban J connectivity index is 3.26. The van der Waals surface area contributed by atoms with Crippen molar-refractivity contribution in [2.24, 2.45) is 0 Å². The van der Waals surface area contributed by atoms with Gasteiger partial charge in [-0.25, -0.2) is 0 Å². The van der Waals surface area contributed by atoms with E-state index in [-0.39, 0.29) is 0 Å². The van der Waals surface area contributed by atoms with Gasteiger partial charge in [-0.2, -0.15) is 0 Å². The van der Waals surface area contributed by atoms with E-state index in [4.69, 9.17) is 0 Å². The lowest BCUT2D eigenvalue weighted by Gasteiger charge is -2.11. The molecule has 0 atom stereocenters. The highest BCUT2D eigenvalue weighted by Gasteiger charge is 2.09. The number of hydrogen-bond acceptors (Lipinski definition) is 0. The third kappa shape index (κ3) is 10.1. The van der Waals surface area contributed by atoms with Crippen molar-refractivity contribution < 1.29 is 0 Å². The summed E-state index contributed by atoms with van der Waals surface area (Å²) in [5.41, 5.74) is 11.3. The van der Waals surface area contributed by atoms with E-state index in [1.807, 2.05) is 0 Å². The molecule has 0 heterocycles. The van der Waals surface area contributed by atoms with Gasteiger partial charge in [-0.1, -0.05) is 94.2 Å². The van der Waals surface area contributed by atoms with Crippen LogP contribution in [0, 0.1) is 0 Å². The monoisotopic (exact) mass is 372 g/mol. The second-order valence-corrected chi connectivity index (χ2v) is 25.2. The minimum absolute atomic E-state index is 1.17. The molecule has 0 aliphatic rings. The molecule has 0 saturated carbocycles. The van der Waals surface area contributed by atoms with Crippen LogP contribution in [0.1, 0.15) is 16.7 Å². The Morgan fingerprint density at radius 2 is 0.667 bits per heavy atom. The fourth-order valence-electron chi connectivity index (χ4n) is 2.03. The summed E-state index contributed by atoms with van der Waals surface area (Å²) in [4.78, 5) is 0. The summed E-state index contributed by atoms with van der Waals surface area (Å²) < 4.78 is 0. The Bertz CT molecular complexity index is 528. The average Bonchev–Trinajstić information content (AvgIpc) is 2.38. The highest BCUT2D eigenvalue weighted by atomic mass is 28.3. The summed E-state index contributed by atoms with van der Waals surface area (Å²) in [6.07, 6.45) is 6.97. The zero-order valence-electron chi connectivity index (χ0n) is 17.2. The summed E-state index contributed by atoms with van der Waals surface area (Å²) in [7, 11) is -3.52. The van der Waals surface area contributed by atoms with Crippen molar-refractivity contribution >= 4 is 42.4 Å². The highest BCUT2D eigenvalue weighted by Crippen LogP contribution is 2.18. The van der Waals surface area contributed by atoms with Crippen LogP contribution >= 0.6 is 0 Å². The molecule has 0 unspecified atom stereocenters. The standard InChI is InChI=1S/C21H36Si3/c1-22(2,3)13-10-19-16-20(11-14-23(4,5)6)18-21(17-19)12-15-24(7,8)9/h10-18H,1-9H3. The van der Waals surface area contributed by atoms with Crippen LogP contribution in [-0.2, 0) is 0 Å². The van der Waals surface area contributed by atoms with Gasteiger partial charge in [0, 0.05) is 0 Å². The first-order chi connectivity index (χ1) is 10.7. The van der Waals surface area contributed by atoms with Gasteiger partial charge in [-0.05, 0) is 34.9 Å². The van der Waals surface area contributed by atoms with Gasteiger partial charge in [0.15, 0.2) is 0 Å². The van der Waals surface area contributed by atoms with E-state index in [0.717, 1.165) is 0 Å². The quantitative estimate of drug-likeness (QED) is 0.457. The molecule has 0 aliphatic heterocycles. The van der Waals surface area contributed by atoms with Crippen molar-refractivity contribution in [3.8, 4) is 0 Å².